The smallest absolute Gasteiger partial charge is 0.251 e. The number of piperazine rings is 1. The Morgan fingerprint density at radius 3 is 2.25 bits per heavy atom. The summed E-state index contributed by atoms with van der Waals surface area (Å²) in [5, 5.41) is 16.7. The number of piperidine rings is 1. The Balaban J connectivity index is 0.00000442. The zero-order chi connectivity index (χ0) is 30.4. The van der Waals surface area contributed by atoms with Crippen LogP contribution in [0.25, 0.3) is 0 Å². The molecule has 2 atom stereocenters. The molecule has 2 aromatic rings. The molecule has 3 N–H and O–H groups in total. The summed E-state index contributed by atoms with van der Waals surface area (Å²) in [6.45, 7) is 3.94. The lowest BCUT2D eigenvalue weighted by molar-refractivity contribution is -0.164. The first-order valence-corrected chi connectivity index (χ1v) is 15.4. The molecule has 10 heteroatoms. The fraction of sp³-hybridized carbons (Fsp3) is 0.500. The number of halogens is 1. The number of likely N-dealkylation sites (tertiary alicyclic amines) is 1. The van der Waals surface area contributed by atoms with Gasteiger partial charge in [-0.3, -0.25) is 19.3 Å². The molecule has 0 bridgehead atoms. The summed E-state index contributed by atoms with van der Waals surface area (Å²) < 4.78 is 5.94. The monoisotopic (exact) mass is 622 g/mol. The zero-order valence-corrected chi connectivity index (χ0v) is 26.3. The van der Waals surface area contributed by atoms with E-state index in [4.69, 9.17) is 4.74 Å². The van der Waals surface area contributed by atoms with Gasteiger partial charge in [0.2, 0.25) is 11.8 Å². The van der Waals surface area contributed by atoms with E-state index in [-0.39, 0.29) is 42.6 Å². The molecule has 1 spiro atoms. The van der Waals surface area contributed by atoms with Crippen molar-refractivity contribution in [1.29, 1.82) is 0 Å². The molecule has 5 rings (SSSR count). The number of ether oxygens (including phenoxy) is 1. The first kappa shape index (κ1) is 33.3. The largest absolute Gasteiger partial charge is 0.457 e. The van der Waals surface area contributed by atoms with Crippen LogP contribution in [0.1, 0.15) is 67.8 Å². The Morgan fingerprint density at radius 1 is 1.05 bits per heavy atom. The topological polar surface area (TPSA) is 111 Å². The van der Waals surface area contributed by atoms with Gasteiger partial charge in [-0.25, -0.2) is 0 Å². The number of rotatable bonds is 8. The fourth-order valence-corrected chi connectivity index (χ4v) is 6.66. The van der Waals surface area contributed by atoms with Crippen molar-refractivity contribution in [2.24, 2.45) is 5.92 Å². The van der Waals surface area contributed by atoms with Crippen molar-refractivity contribution >= 4 is 30.1 Å². The summed E-state index contributed by atoms with van der Waals surface area (Å²) in [5.74, 6) is 6.74. The fourth-order valence-electron chi connectivity index (χ4n) is 6.66. The van der Waals surface area contributed by atoms with E-state index in [0.717, 1.165) is 37.7 Å². The van der Waals surface area contributed by atoms with Crippen LogP contribution in [-0.2, 0) is 16.1 Å². The van der Waals surface area contributed by atoms with Crippen molar-refractivity contribution in [2.75, 3.05) is 26.7 Å². The Hall–Kier alpha value is -3.58. The molecule has 236 valence electrons. The highest BCUT2D eigenvalue weighted by molar-refractivity contribution is 6.00. The third-order valence-corrected chi connectivity index (χ3v) is 9.24. The second-order valence-electron chi connectivity index (χ2n) is 11.8. The molecule has 2 aromatic carbocycles. The highest BCUT2D eigenvalue weighted by Gasteiger charge is 2.55. The molecule has 3 amide bonds. The molecule has 2 heterocycles. The number of hydrogen-bond acceptors (Lipinski definition) is 6. The number of benzene rings is 2. The average molecular weight is 623 g/mol. The molecule has 3 fully saturated rings. The van der Waals surface area contributed by atoms with Crippen LogP contribution in [0.4, 0.5) is 0 Å². The Morgan fingerprint density at radius 2 is 1.66 bits per heavy atom. The van der Waals surface area contributed by atoms with Crippen molar-refractivity contribution in [3.63, 3.8) is 0 Å². The molecule has 0 aromatic heterocycles. The molecule has 3 aliphatic rings. The van der Waals surface area contributed by atoms with Gasteiger partial charge in [-0.2, -0.15) is 0 Å². The van der Waals surface area contributed by atoms with Crippen molar-refractivity contribution < 1.29 is 24.2 Å². The summed E-state index contributed by atoms with van der Waals surface area (Å²) in [6.07, 6.45) is 5.16. The van der Waals surface area contributed by atoms with Gasteiger partial charge in [0.25, 0.3) is 5.91 Å². The molecule has 2 saturated heterocycles. The quantitative estimate of drug-likeness (QED) is 0.386. The van der Waals surface area contributed by atoms with Crippen LogP contribution >= 0.6 is 12.4 Å². The maximum atomic E-state index is 13.8. The van der Waals surface area contributed by atoms with Gasteiger partial charge in [0.05, 0.1) is 12.6 Å². The molecule has 1 aliphatic carbocycles. The number of carbonyl (C=O) groups excluding carboxylic acids is 3. The number of aliphatic hydroxyl groups is 1. The highest BCUT2D eigenvalue weighted by Crippen LogP contribution is 2.36. The average Bonchev–Trinajstić information content (AvgIpc) is 3.04. The van der Waals surface area contributed by atoms with Gasteiger partial charge < -0.3 is 25.4 Å². The van der Waals surface area contributed by atoms with Crippen LogP contribution in [0.2, 0.25) is 0 Å². The summed E-state index contributed by atoms with van der Waals surface area (Å²) >= 11 is 0. The molecular weight excluding hydrogens is 580 g/mol. The van der Waals surface area contributed by atoms with E-state index in [1.54, 1.807) is 43.1 Å². The van der Waals surface area contributed by atoms with Gasteiger partial charge in [0, 0.05) is 32.2 Å². The van der Waals surface area contributed by atoms with Crippen molar-refractivity contribution in [1.82, 2.24) is 20.4 Å². The molecule has 9 nitrogen and oxygen atoms in total. The number of nitrogens with one attached hydrogen (secondary N) is 2. The Bertz CT molecular complexity index is 1360. The van der Waals surface area contributed by atoms with Crippen LogP contribution in [0.15, 0.2) is 48.5 Å². The number of amides is 3. The van der Waals surface area contributed by atoms with Crippen LogP contribution in [0.5, 0.6) is 11.5 Å². The van der Waals surface area contributed by atoms with Crippen molar-refractivity contribution in [3.8, 4) is 23.3 Å². The van der Waals surface area contributed by atoms with E-state index in [2.05, 4.69) is 27.4 Å². The van der Waals surface area contributed by atoms with E-state index in [0.29, 0.717) is 49.5 Å². The summed E-state index contributed by atoms with van der Waals surface area (Å²) in [5.41, 5.74) is 0.735. The number of carbonyl (C=O) groups is 3. The maximum Gasteiger partial charge on any atom is 0.251 e. The van der Waals surface area contributed by atoms with E-state index < -0.39 is 17.7 Å². The van der Waals surface area contributed by atoms with Crippen molar-refractivity contribution in [3.05, 3.63) is 59.7 Å². The minimum Gasteiger partial charge on any atom is -0.457 e. The van der Waals surface area contributed by atoms with Gasteiger partial charge in [0.1, 0.15) is 23.1 Å². The SMILES string of the molecule is CC#CCN1C(=O)[C@@H]([C@H](O)C2CCCCC2)NC(=O)C12CCN(Cc1ccc(Oc3ccc(C(=O)NC)cc3)cc1)CC2.Cl. The molecule has 2 aliphatic heterocycles. The lowest BCUT2D eigenvalue weighted by Gasteiger charge is -2.52. The van der Waals surface area contributed by atoms with Gasteiger partial charge in [-0.15, -0.1) is 18.3 Å². The van der Waals surface area contributed by atoms with Crippen LogP contribution < -0.4 is 15.4 Å². The van der Waals surface area contributed by atoms with Gasteiger partial charge >= 0.3 is 0 Å². The predicted octanol–water partition coefficient (Wildman–Crippen LogP) is 3.89. The summed E-state index contributed by atoms with van der Waals surface area (Å²) in [6, 6.07) is 14.0. The minimum atomic E-state index is -0.953. The van der Waals surface area contributed by atoms with Crippen LogP contribution in [-0.4, -0.2) is 77.0 Å². The second-order valence-corrected chi connectivity index (χ2v) is 11.8. The molecule has 44 heavy (non-hydrogen) atoms. The minimum absolute atomic E-state index is 0. The van der Waals surface area contributed by atoms with E-state index >= 15 is 0 Å². The van der Waals surface area contributed by atoms with Gasteiger partial charge in [-0.1, -0.05) is 37.3 Å². The third-order valence-electron chi connectivity index (χ3n) is 9.24. The molecule has 1 saturated carbocycles. The predicted molar refractivity (Wildman–Crippen MR) is 171 cm³/mol. The maximum absolute atomic E-state index is 13.8. The van der Waals surface area contributed by atoms with Gasteiger partial charge in [-0.05, 0) is 80.5 Å². The van der Waals surface area contributed by atoms with Crippen LogP contribution in [0, 0.1) is 17.8 Å². The Labute approximate surface area is 266 Å². The highest BCUT2D eigenvalue weighted by atomic mass is 35.5. The van der Waals surface area contributed by atoms with Crippen molar-refractivity contribution in [2.45, 2.75) is 76.1 Å². The molecule has 0 radical (unpaired) electrons. The zero-order valence-electron chi connectivity index (χ0n) is 25.5. The van der Waals surface area contributed by atoms with E-state index in [1.807, 2.05) is 24.3 Å². The third kappa shape index (κ3) is 7.20. The molecular formula is C34H43ClN4O5. The van der Waals surface area contributed by atoms with Gasteiger partial charge in [0.15, 0.2) is 0 Å². The first-order valence-electron chi connectivity index (χ1n) is 15.4. The van der Waals surface area contributed by atoms with E-state index in [9.17, 15) is 19.5 Å². The standard InChI is InChI=1S/C34H42N4O5.ClH/c1-3-4-20-38-32(41)29(30(39)25-8-6-5-7-9-25)36-33(42)34(38)18-21-37(22-19-34)23-24-10-14-27(15-11-24)43-28-16-12-26(13-17-28)31(40)35-2;/h10-17,25,29-30,39H,5-9,18-23H2,1-2H3,(H,35,40)(H,36,42);1H/t29-,30-;/m1./s1. The summed E-state index contributed by atoms with van der Waals surface area (Å²) in [7, 11) is 1.60. The normalized spacial score (nSPS) is 21.0. The second kappa shape index (κ2) is 14.9. The lowest BCUT2D eigenvalue weighted by Crippen LogP contribution is -2.75. The number of nitrogens with zero attached hydrogens (tertiary/aromatic N) is 2. The van der Waals surface area contributed by atoms with Crippen LogP contribution in [0.3, 0.4) is 0 Å². The first-order chi connectivity index (χ1) is 20.8. The molecule has 0 unspecified atom stereocenters. The summed E-state index contributed by atoms with van der Waals surface area (Å²) in [4.78, 5) is 43.2. The van der Waals surface area contributed by atoms with E-state index in [1.165, 1.54) is 0 Å². The number of aliphatic hydroxyl groups excluding tert-OH is 1. The number of hydrogen-bond donors (Lipinski definition) is 3. The lowest BCUT2D eigenvalue weighted by atomic mass is 9.78. The Kier molecular flexibility index (Phi) is 11.3.